The van der Waals surface area contributed by atoms with Crippen LogP contribution in [0.15, 0.2) is 54.7 Å². The number of ether oxygens (including phenoxy) is 2. The van der Waals surface area contributed by atoms with Gasteiger partial charge in [0.25, 0.3) is 5.69 Å². The molecule has 0 fully saturated rings. The zero-order valence-corrected chi connectivity index (χ0v) is 17.6. The molecule has 0 aliphatic rings. The molecule has 0 N–H and O–H groups in total. The van der Waals surface area contributed by atoms with Gasteiger partial charge in [-0.2, -0.15) is 5.10 Å². The van der Waals surface area contributed by atoms with Crippen LogP contribution in [0.4, 0.5) is 5.69 Å². The lowest BCUT2D eigenvalue weighted by Gasteiger charge is -2.11. The number of hydrogen-bond acceptors (Lipinski definition) is 6. The van der Waals surface area contributed by atoms with Gasteiger partial charge < -0.3 is 9.47 Å². The Morgan fingerprint density at radius 2 is 1.97 bits per heavy atom. The third kappa shape index (κ3) is 5.16. The van der Waals surface area contributed by atoms with E-state index in [1.54, 1.807) is 42.3 Å². The molecule has 8 nitrogen and oxygen atoms in total. The Balaban J connectivity index is 1.73. The number of rotatable bonds is 9. The third-order valence-corrected chi connectivity index (χ3v) is 4.84. The van der Waals surface area contributed by atoms with Crippen molar-refractivity contribution in [3.63, 3.8) is 0 Å². The molecule has 0 radical (unpaired) electrons. The Bertz CT molecular complexity index is 1120. The van der Waals surface area contributed by atoms with Crippen molar-refractivity contribution >= 4 is 17.5 Å². The second-order valence-electron chi connectivity index (χ2n) is 6.77. The first kappa shape index (κ1) is 21.8. The number of nitro groups is 1. The van der Waals surface area contributed by atoms with Gasteiger partial charge in [-0.25, -0.2) is 0 Å². The van der Waals surface area contributed by atoms with Gasteiger partial charge in [0.1, 0.15) is 18.1 Å². The van der Waals surface area contributed by atoms with E-state index in [9.17, 15) is 14.9 Å². The maximum Gasteiger partial charge on any atom is 0.269 e. The van der Waals surface area contributed by atoms with Crippen LogP contribution in [0.2, 0.25) is 0 Å². The van der Waals surface area contributed by atoms with E-state index in [1.165, 1.54) is 18.2 Å². The van der Waals surface area contributed by atoms with Crippen LogP contribution in [0.5, 0.6) is 11.5 Å². The van der Waals surface area contributed by atoms with Crippen LogP contribution >= 0.6 is 0 Å². The SMILES string of the molecule is CCn1ncc(C(=O)/C=C/c2ccc(OC)c(COc3ccc([N+](=O)[O-])cc3)c2)c1C. The molecule has 8 heteroatoms. The first-order valence-electron chi connectivity index (χ1n) is 9.72. The van der Waals surface area contributed by atoms with Crippen LogP contribution in [-0.4, -0.2) is 27.6 Å². The fourth-order valence-electron chi connectivity index (χ4n) is 3.11. The maximum atomic E-state index is 12.5. The average molecular weight is 421 g/mol. The van der Waals surface area contributed by atoms with Gasteiger partial charge >= 0.3 is 0 Å². The van der Waals surface area contributed by atoms with Gasteiger partial charge in [-0.1, -0.05) is 12.1 Å². The second-order valence-corrected chi connectivity index (χ2v) is 6.77. The Kier molecular flexibility index (Phi) is 6.81. The summed E-state index contributed by atoms with van der Waals surface area (Å²) < 4.78 is 12.9. The van der Waals surface area contributed by atoms with Crippen molar-refractivity contribution in [3.8, 4) is 11.5 Å². The first-order valence-corrected chi connectivity index (χ1v) is 9.72. The van der Waals surface area contributed by atoms with Crippen molar-refractivity contribution in [1.82, 2.24) is 9.78 Å². The number of nitro benzene ring substituents is 1. The Morgan fingerprint density at radius 3 is 2.58 bits per heavy atom. The largest absolute Gasteiger partial charge is 0.496 e. The van der Waals surface area contributed by atoms with Gasteiger partial charge in [0.05, 0.1) is 23.8 Å². The molecule has 0 saturated carbocycles. The molecule has 2 aromatic carbocycles. The van der Waals surface area contributed by atoms with Crippen LogP contribution in [0.3, 0.4) is 0 Å². The first-order chi connectivity index (χ1) is 14.9. The number of allylic oxidation sites excluding steroid dienone is 1. The highest BCUT2D eigenvalue weighted by Crippen LogP contribution is 2.24. The molecule has 1 heterocycles. The highest BCUT2D eigenvalue weighted by molar-refractivity contribution is 6.07. The van der Waals surface area contributed by atoms with Crippen molar-refractivity contribution in [2.24, 2.45) is 0 Å². The topological polar surface area (TPSA) is 96.5 Å². The van der Waals surface area contributed by atoms with E-state index < -0.39 is 4.92 Å². The fraction of sp³-hybridized carbons (Fsp3) is 0.217. The van der Waals surface area contributed by atoms with Gasteiger partial charge in [-0.15, -0.1) is 0 Å². The Labute approximate surface area is 179 Å². The molecule has 0 spiro atoms. The number of benzene rings is 2. The summed E-state index contributed by atoms with van der Waals surface area (Å²) in [6, 6.07) is 11.4. The molecule has 0 atom stereocenters. The maximum absolute atomic E-state index is 12.5. The second kappa shape index (κ2) is 9.71. The molecule has 3 aromatic rings. The smallest absolute Gasteiger partial charge is 0.269 e. The zero-order valence-electron chi connectivity index (χ0n) is 17.6. The van der Waals surface area contributed by atoms with Crippen LogP contribution in [0.25, 0.3) is 6.08 Å². The lowest BCUT2D eigenvalue weighted by atomic mass is 10.1. The molecular weight excluding hydrogens is 398 g/mol. The standard InChI is InChI=1S/C23H23N3O5/c1-4-25-16(2)21(14-24-25)22(27)11-5-17-6-12-23(30-3)18(13-17)15-31-20-9-7-19(8-10-20)26(28)29/h5-14H,4,15H2,1-3H3/b11-5+. The molecule has 0 saturated heterocycles. The summed E-state index contributed by atoms with van der Waals surface area (Å²) in [5.41, 5.74) is 3.02. The normalized spacial score (nSPS) is 10.9. The molecule has 31 heavy (non-hydrogen) atoms. The molecule has 160 valence electrons. The summed E-state index contributed by atoms with van der Waals surface area (Å²) in [4.78, 5) is 22.8. The zero-order chi connectivity index (χ0) is 22.4. The molecule has 3 rings (SSSR count). The number of nitrogens with zero attached hydrogens (tertiary/aromatic N) is 3. The number of non-ortho nitro benzene ring substituents is 1. The van der Waals surface area contributed by atoms with Crippen molar-refractivity contribution < 1.29 is 19.2 Å². The highest BCUT2D eigenvalue weighted by atomic mass is 16.6. The van der Waals surface area contributed by atoms with Crippen molar-refractivity contribution in [3.05, 3.63) is 87.2 Å². The quantitative estimate of drug-likeness (QED) is 0.217. The summed E-state index contributed by atoms with van der Waals surface area (Å²) in [6.07, 6.45) is 4.84. The molecular formula is C23H23N3O5. The van der Waals surface area contributed by atoms with E-state index >= 15 is 0 Å². The van der Waals surface area contributed by atoms with E-state index in [4.69, 9.17) is 9.47 Å². The molecule has 1 aromatic heterocycles. The minimum atomic E-state index is -0.460. The number of aryl methyl sites for hydroxylation is 1. The number of methoxy groups -OCH3 is 1. The van der Waals surface area contributed by atoms with Gasteiger partial charge in [0.15, 0.2) is 5.78 Å². The number of ketones is 1. The van der Waals surface area contributed by atoms with Crippen LogP contribution in [0.1, 0.15) is 34.1 Å². The third-order valence-electron chi connectivity index (χ3n) is 4.84. The van der Waals surface area contributed by atoms with Crippen LogP contribution in [-0.2, 0) is 13.2 Å². The van der Waals surface area contributed by atoms with Gasteiger partial charge in [-0.3, -0.25) is 19.6 Å². The van der Waals surface area contributed by atoms with Crippen LogP contribution < -0.4 is 9.47 Å². The predicted octanol–water partition coefficient (Wildman–Crippen LogP) is 4.60. The molecule has 0 aliphatic carbocycles. The van der Waals surface area contributed by atoms with Crippen LogP contribution in [0, 0.1) is 17.0 Å². The summed E-state index contributed by atoms with van der Waals surface area (Å²) in [7, 11) is 1.57. The van der Waals surface area contributed by atoms with E-state index in [-0.39, 0.29) is 18.1 Å². The van der Waals surface area contributed by atoms with Crippen molar-refractivity contribution in [2.45, 2.75) is 27.0 Å². The summed E-state index contributed by atoms with van der Waals surface area (Å²) in [5.74, 6) is 1.04. The van der Waals surface area contributed by atoms with Gasteiger partial charge in [0, 0.05) is 29.9 Å². The summed E-state index contributed by atoms with van der Waals surface area (Å²) in [5, 5.41) is 15.0. The predicted molar refractivity (Wildman–Crippen MR) is 116 cm³/mol. The number of carbonyl (C=O) groups is 1. The van der Waals surface area contributed by atoms with E-state index in [1.807, 2.05) is 26.0 Å². The number of hydrogen-bond donors (Lipinski definition) is 0. The Morgan fingerprint density at radius 1 is 1.23 bits per heavy atom. The molecule has 0 aliphatic heterocycles. The fourth-order valence-corrected chi connectivity index (χ4v) is 3.11. The minimum absolute atomic E-state index is 0.00134. The van der Waals surface area contributed by atoms with E-state index in [0.717, 1.165) is 16.8 Å². The lowest BCUT2D eigenvalue weighted by molar-refractivity contribution is -0.384. The highest BCUT2D eigenvalue weighted by Gasteiger charge is 2.11. The van der Waals surface area contributed by atoms with E-state index in [0.29, 0.717) is 23.6 Å². The van der Waals surface area contributed by atoms with Crippen molar-refractivity contribution in [2.75, 3.05) is 7.11 Å². The van der Waals surface area contributed by atoms with Crippen molar-refractivity contribution in [1.29, 1.82) is 0 Å². The number of carbonyl (C=O) groups excluding carboxylic acids is 1. The minimum Gasteiger partial charge on any atom is -0.496 e. The Hall–Kier alpha value is -3.94. The summed E-state index contributed by atoms with van der Waals surface area (Å²) in [6.45, 7) is 4.76. The molecule has 0 unspecified atom stereocenters. The van der Waals surface area contributed by atoms with Gasteiger partial charge in [-0.05, 0) is 49.8 Å². The average Bonchev–Trinajstić information content (AvgIpc) is 3.16. The lowest BCUT2D eigenvalue weighted by Crippen LogP contribution is -2.02. The summed E-state index contributed by atoms with van der Waals surface area (Å²) >= 11 is 0. The van der Waals surface area contributed by atoms with Gasteiger partial charge in [0.2, 0.25) is 0 Å². The van der Waals surface area contributed by atoms with E-state index in [2.05, 4.69) is 5.10 Å². The molecule has 0 amide bonds. The number of aromatic nitrogens is 2. The monoisotopic (exact) mass is 421 g/mol. The molecule has 0 bridgehead atoms.